The number of aryl methyl sites for hydroxylation is 3. The fourth-order valence-corrected chi connectivity index (χ4v) is 4.17. The van der Waals surface area contributed by atoms with Gasteiger partial charge < -0.3 is 5.32 Å². The van der Waals surface area contributed by atoms with Crippen LogP contribution in [-0.4, -0.2) is 27.1 Å². The summed E-state index contributed by atoms with van der Waals surface area (Å²) >= 11 is 0. The SMILES string of the molecule is CCN(c1ccc(C(=O)N[C@@H](C)c2cc(C)c(C)cc2C)cc1)S(C)(=O)=O. The second-order valence-corrected chi connectivity index (χ2v) is 8.87. The number of hydrogen-bond donors (Lipinski definition) is 1. The third-order valence-corrected chi connectivity index (χ3v) is 6.07. The van der Waals surface area contributed by atoms with Crippen molar-refractivity contribution in [1.82, 2.24) is 5.32 Å². The molecule has 0 saturated heterocycles. The van der Waals surface area contributed by atoms with Crippen molar-refractivity contribution in [2.45, 2.75) is 40.7 Å². The van der Waals surface area contributed by atoms with Gasteiger partial charge in [0.25, 0.3) is 5.91 Å². The van der Waals surface area contributed by atoms with E-state index >= 15 is 0 Å². The Hall–Kier alpha value is -2.34. The molecule has 5 nitrogen and oxygen atoms in total. The molecular formula is C21H28N2O3S. The molecule has 0 fully saturated rings. The van der Waals surface area contributed by atoms with Crippen LogP contribution in [0.15, 0.2) is 36.4 Å². The van der Waals surface area contributed by atoms with Crippen LogP contribution >= 0.6 is 0 Å². The lowest BCUT2D eigenvalue weighted by Crippen LogP contribution is -2.30. The number of rotatable bonds is 6. The van der Waals surface area contributed by atoms with Gasteiger partial charge in [-0.1, -0.05) is 12.1 Å². The van der Waals surface area contributed by atoms with Gasteiger partial charge in [0.2, 0.25) is 10.0 Å². The molecule has 0 radical (unpaired) electrons. The first-order valence-electron chi connectivity index (χ1n) is 9.01. The lowest BCUT2D eigenvalue weighted by Gasteiger charge is -2.21. The van der Waals surface area contributed by atoms with Crippen molar-refractivity contribution in [3.63, 3.8) is 0 Å². The third kappa shape index (κ3) is 4.89. The minimum absolute atomic E-state index is 0.125. The van der Waals surface area contributed by atoms with E-state index in [1.807, 2.05) is 13.8 Å². The Balaban J connectivity index is 2.18. The maximum absolute atomic E-state index is 12.6. The van der Waals surface area contributed by atoms with Crippen LogP contribution in [0.2, 0.25) is 0 Å². The molecule has 2 aromatic rings. The van der Waals surface area contributed by atoms with Gasteiger partial charge in [-0.15, -0.1) is 0 Å². The summed E-state index contributed by atoms with van der Waals surface area (Å²) in [4.78, 5) is 12.6. The number of nitrogens with zero attached hydrogens (tertiary/aromatic N) is 1. The first-order valence-corrected chi connectivity index (χ1v) is 10.9. The van der Waals surface area contributed by atoms with E-state index in [2.05, 4.69) is 31.3 Å². The highest BCUT2D eigenvalue weighted by molar-refractivity contribution is 7.92. The Kier molecular flexibility index (Phi) is 6.31. The Labute approximate surface area is 162 Å². The van der Waals surface area contributed by atoms with Gasteiger partial charge in [-0.25, -0.2) is 8.42 Å². The molecule has 0 aliphatic carbocycles. The lowest BCUT2D eigenvalue weighted by molar-refractivity contribution is 0.0940. The van der Waals surface area contributed by atoms with Crippen molar-refractivity contribution in [2.24, 2.45) is 0 Å². The number of anilines is 1. The van der Waals surface area contributed by atoms with E-state index in [1.165, 1.54) is 21.7 Å². The van der Waals surface area contributed by atoms with E-state index in [-0.39, 0.29) is 11.9 Å². The average molecular weight is 389 g/mol. The summed E-state index contributed by atoms with van der Waals surface area (Å²) in [5.74, 6) is -0.186. The molecule has 1 N–H and O–H groups in total. The average Bonchev–Trinajstić information content (AvgIpc) is 2.58. The predicted molar refractivity (Wildman–Crippen MR) is 111 cm³/mol. The number of hydrogen-bond acceptors (Lipinski definition) is 3. The van der Waals surface area contributed by atoms with E-state index in [0.717, 1.165) is 11.1 Å². The van der Waals surface area contributed by atoms with Crippen LogP contribution in [0.1, 0.15) is 52.5 Å². The number of sulfonamides is 1. The highest BCUT2D eigenvalue weighted by Crippen LogP contribution is 2.23. The van der Waals surface area contributed by atoms with Gasteiger partial charge in [0.1, 0.15) is 0 Å². The van der Waals surface area contributed by atoms with E-state index in [0.29, 0.717) is 17.8 Å². The monoisotopic (exact) mass is 388 g/mol. The molecule has 0 aromatic heterocycles. The maximum Gasteiger partial charge on any atom is 0.251 e. The Morgan fingerprint density at radius 1 is 1.04 bits per heavy atom. The molecule has 6 heteroatoms. The molecule has 146 valence electrons. The molecule has 2 rings (SSSR count). The molecule has 0 aliphatic heterocycles. The van der Waals surface area contributed by atoms with Gasteiger partial charge in [0.15, 0.2) is 0 Å². The molecule has 0 heterocycles. The van der Waals surface area contributed by atoms with Gasteiger partial charge in [-0.3, -0.25) is 9.10 Å². The molecule has 0 bridgehead atoms. The lowest BCUT2D eigenvalue weighted by atomic mass is 9.96. The topological polar surface area (TPSA) is 66.5 Å². The van der Waals surface area contributed by atoms with Gasteiger partial charge in [-0.05, 0) is 81.1 Å². The van der Waals surface area contributed by atoms with Crippen LogP contribution in [0.4, 0.5) is 5.69 Å². The van der Waals surface area contributed by atoms with Crippen molar-refractivity contribution < 1.29 is 13.2 Å². The maximum atomic E-state index is 12.6. The summed E-state index contributed by atoms with van der Waals surface area (Å²) < 4.78 is 24.9. The minimum Gasteiger partial charge on any atom is -0.346 e. The van der Waals surface area contributed by atoms with Crippen molar-refractivity contribution >= 4 is 21.6 Å². The summed E-state index contributed by atoms with van der Waals surface area (Å²) in [7, 11) is -3.34. The van der Waals surface area contributed by atoms with E-state index < -0.39 is 10.0 Å². The standard InChI is InChI=1S/C21H28N2O3S/c1-7-23(27(6,25)26)19-10-8-18(9-11-19)21(24)22-17(5)20-13-15(3)14(2)12-16(20)4/h8-13,17H,7H2,1-6H3,(H,22,24)/t17-/m0/s1. The largest absolute Gasteiger partial charge is 0.346 e. The van der Waals surface area contributed by atoms with Crippen molar-refractivity contribution in [1.29, 1.82) is 0 Å². The zero-order valence-corrected chi connectivity index (χ0v) is 17.6. The zero-order valence-electron chi connectivity index (χ0n) is 16.8. The van der Waals surface area contributed by atoms with Crippen LogP contribution in [0.25, 0.3) is 0 Å². The molecule has 27 heavy (non-hydrogen) atoms. The van der Waals surface area contributed by atoms with Gasteiger partial charge in [0, 0.05) is 12.1 Å². The number of nitrogens with one attached hydrogen (secondary N) is 1. The van der Waals surface area contributed by atoms with Crippen molar-refractivity contribution in [2.75, 3.05) is 17.1 Å². The Morgan fingerprint density at radius 3 is 2.11 bits per heavy atom. The summed E-state index contributed by atoms with van der Waals surface area (Å²) in [6.07, 6.45) is 1.17. The predicted octanol–water partition coefficient (Wildman–Crippen LogP) is 3.89. The second-order valence-electron chi connectivity index (χ2n) is 6.96. The Morgan fingerprint density at radius 2 is 1.59 bits per heavy atom. The fraction of sp³-hybridized carbons (Fsp3) is 0.381. The van der Waals surface area contributed by atoms with E-state index in [9.17, 15) is 13.2 Å². The first kappa shape index (κ1) is 21.0. The summed E-state index contributed by atoms with van der Waals surface area (Å²) in [5.41, 5.74) is 5.72. The van der Waals surface area contributed by atoms with Crippen molar-refractivity contribution in [3.8, 4) is 0 Å². The third-order valence-electron chi connectivity index (χ3n) is 4.80. The molecule has 0 aliphatic rings. The summed E-state index contributed by atoms with van der Waals surface area (Å²) in [5, 5.41) is 3.02. The number of amides is 1. The zero-order chi connectivity index (χ0) is 20.4. The van der Waals surface area contributed by atoms with Gasteiger partial charge >= 0.3 is 0 Å². The van der Waals surface area contributed by atoms with Crippen LogP contribution in [0.3, 0.4) is 0 Å². The van der Waals surface area contributed by atoms with Crippen LogP contribution in [0.5, 0.6) is 0 Å². The first-order chi connectivity index (χ1) is 12.5. The smallest absolute Gasteiger partial charge is 0.251 e. The van der Waals surface area contributed by atoms with Crippen LogP contribution in [0, 0.1) is 20.8 Å². The number of carbonyl (C=O) groups is 1. The minimum atomic E-state index is -3.34. The van der Waals surface area contributed by atoms with Crippen LogP contribution < -0.4 is 9.62 Å². The molecule has 2 aromatic carbocycles. The van der Waals surface area contributed by atoms with Gasteiger partial charge in [-0.2, -0.15) is 0 Å². The molecule has 1 amide bonds. The molecule has 0 saturated carbocycles. The van der Waals surface area contributed by atoms with Gasteiger partial charge in [0.05, 0.1) is 18.0 Å². The summed E-state index contributed by atoms with van der Waals surface area (Å²) in [6.45, 7) is 10.3. The molecular weight excluding hydrogens is 360 g/mol. The van der Waals surface area contributed by atoms with Crippen molar-refractivity contribution in [3.05, 3.63) is 64.2 Å². The van der Waals surface area contributed by atoms with E-state index in [4.69, 9.17) is 0 Å². The highest BCUT2D eigenvalue weighted by Gasteiger charge is 2.17. The number of carbonyl (C=O) groups excluding carboxylic acids is 1. The molecule has 1 atom stereocenters. The quantitative estimate of drug-likeness (QED) is 0.816. The highest BCUT2D eigenvalue weighted by atomic mass is 32.2. The second kappa shape index (κ2) is 8.13. The van der Waals surface area contributed by atoms with Crippen LogP contribution in [-0.2, 0) is 10.0 Å². The number of benzene rings is 2. The normalized spacial score (nSPS) is 12.5. The fourth-order valence-electron chi connectivity index (χ4n) is 3.19. The molecule has 0 spiro atoms. The molecule has 0 unspecified atom stereocenters. The van der Waals surface area contributed by atoms with E-state index in [1.54, 1.807) is 31.2 Å². The Bertz CT molecular complexity index is 935. The summed E-state index contributed by atoms with van der Waals surface area (Å²) in [6, 6.07) is 10.7.